The van der Waals surface area contributed by atoms with Crippen LogP contribution in [0.2, 0.25) is 0 Å². The maximum atomic E-state index is 2.66. The molecule has 0 amide bonds. The highest BCUT2D eigenvalue weighted by Gasteiger charge is 2.32. The predicted molar refractivity (Wildman–Crippen MR) is 74.9 cm³/mol. The number of hydrogen-bond donors (Lipinski definition) is 0. The number of hydrogen-bond acceptors (Lipinski definition) is 1. The van der Waals surface area contributed by atoms with E-state index in [9.17, 15) is 0 Å². The summed E-state index contributed by atoms with van der Waals surface area (Å²) in [7, 11) is 0. The van der Waals surface area contributed by atoms with Gasteiger partial charge in [-0.15, -0.1) is 0 Å². The SMILES string of the molecule is CCCC(CC)CN(C(C)(C)C)C(C)(C)C. The lowest BCUT2D eigenvalue weighted by Gasteiger charge is -2.47. The van der Waals surface area contributed by atoms with E-state index in [1.54, 1.807) is 0 Å². The van der Waals surface area contributed by atoms with Gasteiger partial charge in [0, 0.05) is 17.6 Å². The van der Waals surface area contributed by atoms with Crippen molar-refractivity contribution in [3.8, 4) is 0 Å². The van der Waals surface area contributed by atoms with Gasteiger partial charge in [-0.2, -0.15) is 0 Å². The molecule has 0 bridgehead atoms. The van der Waals surface area contributed by atoms with E-state index in [1.807, 2.05) is 0 Å². The van der Waals surface area contributed by atoms with Crippen LogP contribution >= 0.6 is 0 Å². The van der Waals surface area contributed by atoms with Gasteiger partial charge < -0.3 is 0 Å². The lowest BCUT2D eigenvalue weighted by Crippen LogP contribution is -2.54. The smallest absolute Gasteiger partial charge is 0.0130 e. The Labute approximate surface area is 104 Å². The molecule has 98 valence electrons. The Morgan fingerprint density at radius 3 is 1.56 bits per heavy atom. The van der Waals surface area contributed by atoms with Crippen molar-refractivity contribution < 1.29 is 0 Å². The highest BCUT2D eigenvalue weighted by Crippen LogP contribution is 2.27. The molecule has 0 fully saturated rings. The first kappa shape index (κ1) is 16.0. The van der Waals surface area contributed by atoms with Crippen molar-refractivity contribution in [3.05, 3.63) is 0 Å². The van der Waals surface area contributed by atoms with Crippen LogP contribution in [0.1, 0.15) is 74.7 Å². The van der Waals surface area contributed by atoms with Crippen LogP contribution in [-0.4, -0.2) is 22.5 Å². The zero-order valence-electron chi connectivity index (χ0n) is 12.9. The fraction of sp³-hybridized carbons (Fsp3) is 1.00. The third-order valence-corrected chi connectivity index (χ3v) is 3.33. The van der Waals surface area contributed by atoms with Gasteiger partial charge in [0.25, 0.3) is 0 Å². The Kier molecular flexibility index (Phi) is 6.03. The summed E-state index contributed by atoms with van der Waals surface area (Å²) >= 11 is 0. The lowest BCUT2D eigenvalue weighted by molar-refractivity contribution is 0.0205. The molecule has 0 aromatic heterocycles. The van der Waals surface area contributed by atoms with Crippen molar-refractivity contribution in [1.29, 1.82) is 0 Å². The van der Waals surface area contributed by atoms with Gasteiger partial charge in [0.1, 0.15) is 0 Å². The van der Waals surface area contributed by atoms with Crippen molar-refractivity contribution in [1.82, 2.24) is 4.90 Å². The van der Waals surface area contributed by atoms with Gasteiger partial charge in [0.15, 0.2) is 0 Å². The van der Waals surface area contributed by atoms with Crippen molar-refractivity contribution in [2.75, 3.05) is 6.54 Å². The minimum Gasteiger partial charge on any atom is -0.293 e. The van der Waals surface area contributed by atoms with Crippen LogP contribution in [0.15, 0.2) is 0 Å². The van der Waals surface area contributed by atoms with Crippen LogP contribution < -0.4 is 0 Å². The maximum absolute atomic E-state index is 2.66. The van der Waals surface area contributed by atoms with Gasteiger partial charge >= 0.3 is 0 Å². The van der Waals surface area contributed by atoms with Crippen LogP contribution in [0.5, 0.6) is 0 Å². The third-order valence-electron chi connectivity index (χ3n) is 3.33. The standard InChI is InChI=1S/C15H33N/c1-9-11-13(10-2)12-16(14(3,4)5)15(6,7)8/h13H,9-12H2,1-8H3. The molecular weight excluding hydrogens is 194 g/mol. The maximum Gasteiger partial charge on any atom is 0.0130 e. The number of rotatable bonds is 5. The largest absolute Gasteiger partial charge is 0.293 e. The average Bonchev–Trinajstić information content (AvgIpc) is 2.07. The molecule has 0 aromatic rings. The number of nitrogens with zero attached hydrogens (tertiary/aromatic N) is 1. The van der Waals surface area contributed by atoms with Gasteiger partial charge in [-0.3, -0.25) is 4.90 Å². The Balaban J connectivity index is 4.67. The summed E-state index contributed by atoms with van der Waals surface area (Å²) in [5.74, 6) is 0.850. The first-order valence-corrected chi connectivity index (χ1v) is 6.90. The molecule has 1 heteroatoms. The normalized spacial score (nSPS) is 15.6. The lowest BCUT2D eigenvalue weighted by atomic mass is 9.91. The van der Waals surface area contributed by atoms with Crippen LogP contribution in [0.25, 0.3) is 0 Å². The van der Waals surface area contributed by atoms with E-state index in [-0.39, 0.29) is 11.1 Å². The molecule has 0 heterocycles. The monoisotopic (exact) mass is 227 g/mol. The predicted octanol–water partition coefficient (Wildman–Crippen LogP) is 4.71. The van der Waals surface area contributed by atoms with Gasteiger partial charge in [-0.25, -0.2) is 0 Å². The molecule has 0 rings (SSSR count). The fourth-order valence-corrected chi connectivity index (χ4v) is 2.64. The molecule has 0 aliphatic carbocycles. The van der Waals surface area contributed by atoms with E-state index in [2.05, 4.69) is 60.3 Å². The molecule has 0 radical (unpaired) electrons. The highest BCUT2D eigenvalue weighted by atomic mass is 15.2. The van der Waals surface area contributed by atoms with Crippen LogP contribution in [0.4, 0.5) is 0 Å². The molecule has 16 heavy (non-hydrogen) atoms. The van der Waals surface area contributed by atoms with Gasteiger partial charge in [-0.1, -0.05) is 26.7 Å². The molecule has 0 saturated carbocycles. The zero-order valence-corrected chi connectivity index (χ0v) is 12.9. The molecule has 0 aromatic carbocycles. The van der Waals surface area contributed by atoms with Crippen molar-refractivity contribution in [3.63, 3.8) is 0 Å². The Morgan fingerprint density at radius 1 is 0.875 bits per heavy atom. The van der Waals surface area contributed by atoms with E-state index in [4.69, 9.17) is 0 Å². The zero-order chi connectivity index (χ0) is 13.0. The summed E-state index contributed by atoms with van der Waals surface area (Å²) in [6, 6.07) is 0. The van der Waals surface area contributed by atoms with Crippen LogP contribution in [0.3, 0.4) is 0 Å². The molecule has 0 saturated heterocycles. The van der Waals surface area contributed by atoms with Gasteiger partial charge in [0.05, 0.1) is 0 Å². The Hall–Kier alpha value is -0.0400. The minimum absolute atomic E-state index is 0.263. The molecule has 1 unspecified atom stereocenters. The highest BCUT2D eigenvalue weighted by molar-refractivity contribution is 4.88. The van der Waals surface area contributed by atoms with Gasteiger partial charge in [0.2, 0.25) is 0 Å². The summed E-state index contributed by atoms with van der Waals surface area (Å²) in [5.41, 5.74) is 0.527. The van der Waals surface area contributed by atoms with E-state index in [1.165, 1.54) is 25.8 Å². The third kappa shape index (κ3) is 5.34. The Morgan fingerprint density at radius 2 is 1.31 bits per heavy atom. The second-order valence-corrected chi connectivity index (χ2v) is 7.02. The van der Waals surface area contributed by atoms with Gasteiger partial charge in [-0.05, 0) is 53.9 Å². The minimum atomic E-state index is 0.263. The Bertz CT molecular complexity index is 169. The molecule has 0 N–H and O–H groups in total. The summed E-state index contributed by atoms with van der Waals surface area (Å²) in [4.78, 5) is 2.66. The first-order valence-electron chi connectivity index (χ1n) is 6.90. The first-order chi connectivity index (χ1) is 7.12. The molecule has 1 atom stereocenters. The van der Waals surface area contributed by atoms with E-state index >= 15 is 0 Å². The summed E-state index contributed by atoms with van der Waals surface area (Å²) < 4.78 is 0. The van der Waals surface area contributed by atoms with Crippen LogP contribution in [-0.2, 0) is 0 Å². The van der Waals surface area contributed by atoms with E-state index in [0.29, 0.717) is 0 Å². The molecule has 0 aliphatic heterocycles. The molecule has 0 aliphatic rings. The van der Waals surface area contributed by atoms with Crippen LogP contribution in [0, 0.1) is 5.92 Å². The second kappa shape index (κ2) is 6.05. The fourth-order valence-electron chi connectivity index (χ4n) is 2.64. The summed E-state index contributed by atoms with van der Waals surface area (Å²) in [5, 5.41) is 0. The van der Waals surface area contributed by atoms with Crippen molar-refractivity contribution >= 4 is 0 Å². The average molecular weight is 227 g/mol. The molecular formula is C15H33N. The molecule has 1 nitrogen and oxygen atoms in total. The topological polar surface area (TPSA) is 3.24 Å². The summed E-state index contributed by atoms with van der Waals surface area (Å²) in [6.45, 7) is 19.8. The van der Waals surface area contributed by atoms with Crippen molar-refractivity contribution in [2.24, 2.45) is 5.92 Å². The van der Waals surface area contributed by atoms with E-state index in [0.717, 1.165) is 5.92 Å². The van der Waals surface area contributed by atoms with E-state index < -0.39 is 0 Å². The summed E-state index contributed by atoms with van der Waals surface area (Å²) in [6.07, 6.45) is 3.97. The quantitative estimate of drug-likeness (QED) is 0.657. The van der Waals surface area contributed by atoms with Crippen molar-refractivity contribution in [2.45, 2.75) is 85.7 Å². The molecule has 0 spiro atoms. The second-order valence-electron chi connectivity index (χ2n) is 7.02.